The van der Waals surface area contributed by atoms with Crippen molar-refractivity contribution in [2.45, 2.75) is 44.6 Å². The molecule has 2 rings (SSSR count). The van der Waals surface area contributed by atoms with Gasteiger partial charge in [0.1, 0.15) is 5.69 Å². The number of hydrogen-bond donors (Lipinski definition) is 2. The predicted octanol–water partition coefficient (Wildman–Crippen LogP) is 2.58. The van der Waals surface area contributed by atoms with Gasteiger partial charge in [0.2, 0.25) is 0 Å². The average molecular weight is 247 g/mol. The lowest BCUT2D eigenvalue weighted by Gasteiger charge is -2.34. The second-order valence-electron chi connectivity index (χ2n) is 5.26. The molecule has 0 bridgehead atoms. The van der Waals surface area contributed by atoms with E-state index in [4.69, 9.17) is 0 Å². The zero-order valence-electron chi connectivity index (χ0n) is 11.1. The lowest BCUT2D eigenvalue weighted by molar-refractivity contribution is 0.0877. The number of nitrogens with one attached hydrogen (secondary N) is 2. The van der Waals surface area contributed by atoms with E-state index in [1.165, 1.54) is 19.3 Å². The molecule has 1 aliphatic rings. The molecule has 0 radical (unpaired) electrons. The monoisotopic (exact) mass is 247 g/mol. The Kier molecular flexibility index (Phi) is 3.84. The smallest absolute Gasteiger partial charge is 0.270 e. The highest BCUT2D eigenvalue weighted by Crippen LogP contribution is 2.27. The standard InChI is InChI=1S/C14H21N3O/c1-14(8-4-3-5-9-14)17-13(18)12-7-6-11(15-2)10-16-12/h6-7,10,15H,3-5,8-9H2,1-2H3,(H,17,18). The molecule has 1 fully saturated rings. The van der Waals surface area contributed by atoms with Crippen molar-refractivity contribution in [1.82, 2.24) is 10.3 Å². The lowest BCUT2D eigenvalue weighted by Crippen LogP contribution is -2.47. The van der Waals surface area contributed by atoms with E-state index in [9.17, 15) is 4.79 Å². The van der Waals surface area contributed by atoms with E-state index in [1.807, 2.05) is 13.1 Å². The summed E-state index contributed by atoms with van der Waals surface area (Å²) in [5, 5.41) is 6.11. The van der Waals surface area contributed by atoms with Crippen molar-refractivity contribution in [1.29, 1.82) is 0 Å². The van der Waals surface area contributed by atoms with Gasteiger partial charge >= 0.3 is 0 Å². The van der Waals surface area contributed by atoms with Crippen LogP contribution in [0.4, 0.5) is 5.69 Å². The third kappa shape index (κ3) is 3.00. The van der Waals surface area contributed by atoms with Crippen LogP contribution in [0.15, 0.2) is 18.3 Å². The highest BCUT2D eigenvalue weighted by Gasteiger charge is 2.28. The van der Waals surface area contributed by atoms with Crippen LogP contribution in [-0.4, -0.2) is 23.5 Å². The molecule has 0 atom stereocenters. The SMILES string of the molecule is CNc1ccc(C(=O)NC2(C)CCCCC2)nc1. The van der Waals surface area contributed by atoms with Gasteiger partial charge in [0.15, 0.2) is 0 Å². The maximum absolute atomic E-state index is 12.1. The van der Waals surface area contributed by atoms with Crippen molar-refractivity contribution in [2.75, 3.05) is 12.4 Å². The van der Waals surface area contributed by atoms with Gasteiger partial charge in [-0.05, 0) is 31.9 Å². The molecule has 2 N–H and O–H groups in total. The highest BCUT2D eigenvalue weighted by molar-refractivity contribution is 5.92. The fraction of sp³-hybridized carbons (Fsp3) is 0.571. The van der Waals surface area contributed by atoms with Crippen LogP contribution < -0.4 is 10.6 Å². The number of amides is 1. The van der Waals surface area contributed by atoms with E-state index in [0.717, 1.165) is 18.5 Å². The van der Waals surface area contributed by atoms with Crippen LogP contribution in [0.1, 0.15) is 49.5 Å². The molecule has 4 heteroatoms. The minimum atomic E-state index is -0.0675. The molecule has 18 heavy (non-hydrogen) atoms. The van der Waals surface area contributed by atoms with Crippen LogP contribution in [0.3, 0.4) is 0 Å². The molecule has 1 aromatic rings. The summed E-state index contributed by atoms with van der Waals surface area (Å²) in [7, 11) is 1.83. The molecule has 1 aliphatic carbocycles. The minimum Gasteiger partial charge on any atom is -0.387 e. The second-order valence-corrected chi connectivity index (χ2v) is 5.26. The van der Waals surface area contributed by atoms with Crippen LogP contribution in [-0.2, 0) is 0 Å². The van der Waals surface area contributed by atoms with E-state index in [0.29, 0.717) is 5.69 Å². The molecular weight excluding hydrogens is 226 g/mol. The maximum atomic E-state index is 12.1. The topological polar surface area (TPSA) is 54.0 Å². The van der Waals surface area contributed by atoms with Crippen molar-refractivity contribution in [3.8, 4) is 0 Å². The predicted molar refractivity (Wildman–Crippen MR) is 72.7 cm³/mol. The van der Waals surface area contributed by atoms with E-state index in [2.05, 4.69) is 22.5 Å². The summed E-state index contributed by atoms with van der Waals surface area (Å²) in [5.74, 6) is -0.0675. The third-order valence-electron chi connectivity index (χ3n) is 3.66. The first-order chi connectivity index (χ1) is 8.63. The summed E-state index contributed by atoms with van der Waals surface area (Å²) in [5.41, 5.74) is 1.34. The fourth-order valence-corrected chi connectivity index (χ4v) is 2.47. The highest BCUT2D eigenvalue weighted by atomic mass is 16.2. The zero-order chi connectivity index (χ0) is 13.0. The molecule has 1 heterocycles. The molecule has 1 amide bonds. The first-order valence-corrected chi connectivity index (χ1v) is 6.59. The van der Waals surface area contributed by atoms with Crippen LogP contribution in [0, 0.1) is 0 Å². The van der Waals surface area contributed by atoms with Crippen molar-refractivity contribution in [3.63, 3.8) is 0 Å². The van der Waals surface area contributed by atoms with E-state index in [1.54, 1.807) is 12.3 Å². The van der Waals surface area contributed by atoms with Crippen molar-refractivity contribution in [2.24, 2.45) is 0 Å². The molecular formula is C14H21N3O. The third-order valence-corrected chi connectivity index (χ3v) is 3.66. The molecule has 98 valence electrons. The molecule has 0 unspecified atom stereocenters. The normalized spacial score (nSPS) is 18.1. The van der Waals surface area contributed by atoms with Crippen molar-refractivity contribution < 1.29 is 4.79 Å². The van der Waals surface area contributed by atoms with Crippen molar-refractivity contribution >= 4 is 11.6 Å². The second kappa shape index (κ2) is 5.38. The zero-order valence-corrected chi connectivity index (χ0v) is 11.1. The molecule has 0 saturated heterocycles. The molecule has 4 nitrogen and oxygen atoms in total. The fourth-order valence-electron chi connectivity index (χ4n) is 2.47. The summed E-state index contributed by atoms with van der Waals surface area (Å²) >= 11 is 0. The minimum absolute atomic E-state index is 0.0569. The Morgan fingerprint density at radius 3 is 2.56 bits per heavy atom. The molecule has 1 saturated carbocycles. The van der Waals surface area contributed by atoms with Gasteiger partial charge in [-0.15, -0.1) is 0 Å². The lowest BCUT2D eigenvalue weighted by atomic mass is 9.83. The number of rotatable bonds is 3. The Balaban J connectivity index is 2.02. The van der Waals surface area contributed by atoms with Crippen LogP contribution in [0.25, 0.3) is 0 Å². The maximum Gasteiger partial charge on any atom is 0.270 e. The number of pyridine rings is 1. The van der Waals surface area contributed by atoms with E-state index in [-0.39, 0.29) is 11.4 Å². The molecule has 0 spiro atoms. The number of carbonyl (C=O) groups excluding carboxylic acids is 1. The van der Waals surface area contributed by atoms with Crippen LogP contribution >= 0.6 is 0 Å². The number of anilines is 1. The Hall–Kier alpha value is -1.58. The first-order valence-electron chi connectivity index (χ1n) is 6.59. The van der Waals surface area contributed by atoms with Gasteiger partial charge in [0.05, 0.1) is 11.9 Å². The van der Waals surface area contributed by atoms with Crippen molar-refractivity contribution in [3.05, 3.63) is 24.0 Å². The van der Waals surface area contributed by atoms with Gasteiger partial charge in [0.25, 0.3) is 5.91 Å². The molecule has 0 aliphatic heterocycles. The average Bonchev–Trinajstić information content (AvgIpc) is 2.39. The van der Waals surface area contributed by atoms with Gasteiger partial charge in [-0.2, -0.15) is 0 Å². The number of carbonyl (C=O) groups is 1. The largest absolute Gasteiger partial charge is 0.387 e. The summed E-state index contributed by atoms with van der Waals surface area (Å²) in [4.78, 5) is 16.3. The summed E-state index contributed by atoms with van der Waals surface area (Å²) in [6.07, 6.45) is 7.48. The van der Waals surface area contributed by atoms with E-state index < -0.39 is 0 Å². The van der Waals surface area contributed by atoms with Crippen LogP contribution in [0.2, 0.25) is 0 Å². The Morgan fingerprint density at radius 1 is 1.28 bits per heavy atom. The Bertz CT molecular complexity index is 408. The number of nitrogens with zero attached hydrogens (tertiary/aromatic N) is 1. The van der Waals surface area contributed by atoms with Gasteiger partial charge < -0.3 is 10.6 Å². The summed E-state index contributed by atoms with van der Waals surface area (Å²) in [6.45, 7) is 2.13. The van der Waals surface area contributed by atoms with Gasteiger partial charge in [0, 0.05) is 12.6 Å². The summed E-state index contributed by atoms with van der Waals surface area (Å²) in [6, 6.07) is 3.62. The molecule has 1 aromatic heterocycles. The van der Waals surface area contributed by atoms with Gasteiger partial charge in [-0.1, -0.05) is 19.3 Å². The number of hydrogen-bond acceptors (Lipinski definition) is 3. The van der Waals surface area contributed by atoms with Gasteiger partial charge in [-0.3, -0.25) is 4.79 Å². The first kappa shape index (κ1) is 12.9. The van der Waals surface area contributed by atoms with Gasteiger partial charge in [-0.25, -0.2) is 4.98 Å². The van der Waals surface area contributed by atoms with E-state index >= 15 is 0 Å². The number of aromatic nitrogens is 1. The Labute approximate surface area is 108 Å². The Morgan fingerprint density at radius 2 is 2.00 bits per heavy atom. The van der Waals surface area contributed by atoms with Crippen LogP contribution in [0.5, 0.6) is 0 Å². The summed E-state index contributed by atoms with van der Waals surface area (Å²) < 4.78 is 0. The quantitative estimate of drug-likeness (QED) is 0.863. The molecule has 0 aromatic carbocycles.